The van der Waals surface area contributed by atoms with E-state index in [2.05, 4.69) is 45.9 Å². The number of hydrogen-bond donors (Lipinski definition) is 0. The lowest BCUT2D eigenvalue weighted by molar-refractivity contribution is 0.749. The molecule has 1 aromatic rings. The molecule has 0 bridgehead atoms. The van der Waals surface area contributed by atoms with Crippen molar-refractivity contribution < 1.29 is 0 Å². The van der Waals surface area contributed by atoms with Gasteiger partial charge in [-0.2, -0.15) is 0 Å². The molecule has 1 rings (SSSR count). The van der Waals surface area contributed by atoms with Crippen molar-refractivity contribution in [1.29, 1.82) is 0 Å². The second kappa shape index (κ2) is 6.43. The van der Waals surface area contributed by atoms with Gasteiger partial charge in [-0.25, -0.2) is 0 Å². The molecule has 0 N–H and O–H groups in total. The summed E-state index contributed by atoms with van der Waals surface area (Å²) in [4.78, 5) is 0. The highest BCUT2D eigenvalue weighted by Crippen LogP contribution is 2.16. The van der Waals surface area contributed by atoms with Gasteiger partial charge in [0.15, 0.2) is 0 Å². The first kappa shape index (κ1) is 13.9. The summed E-state index contributed by atoms with van der Waals surface area (Å²) in [5.41, 5.74) is 2.79. The molecule has 80 valence electrons. The highest BCUT2D eigenvalue weighted by Gasteiger charge is 1.98. The van der Waals surface area contributed by atoms with Crippen molar-refractivity contribution in [3.63, 3.8) is 0 Å². The average Bonchev–Trinajstić information content (AvgIpc) is 1.99. The summed E-state index contributed by atoms with van der Waals surface area (Å²) in [6, 6.07) is 6.87. The van der Waals surface area contributed by atoms with Crippen LogP contribution in [0, 0.1) is 19.8 Å². The van der Waals surface area contributed by atoms with Crippen molar-refractivity contribution in [2.45, 2.75) is 27.7 Å². The molecule has 0 saturated heterocycles. The molecule has 1 atom stereocenters. The Kier molecular flexibility index (Phi) is 6.40. The third-order valence-corrected chi connectivity index (χ3v) is 3.65. The summed E-state index contributed by atoms with van der Waals surface area (Å²) in [7, 11) is 0.978. The summed E-state index contributed by atoms with van der Waals surface area (Å²) < 4.78 is 0. The van der Waals surface area contributed by atoms with Crippen molar-refractivity contribution >= 4 is 26.3 Å². The van der Waals surface area contributed by atoms with E-state index >= 15 is 0 Å². The normalized spacial score (nSPS) is 10.9. The molecule has 2 heteroatoms. The minimum absolute atomic E-state index is 0. The van der Waals surface area contributed by atoms with Crippen LogP contribution < -0.4 is 5.30 Å². The molecule has 0 heterocycles. The molecule has 0 amide bonds. The fourth-order valence-corrected chi connectivity index (χ4v) is 2.70. The van der Waals surface area contributed by atoms with Gasteiger partial charge in [0.25, 0.3) is 0 Å². The smallest absolute Gasteiger partial charge is 0.0266 e. The maximum Gasteiger partial charge on any atom is -0.0266 e. The highest BCUT2D eigenvalue weighted by atomic mass is 35.5. The molecule has 0 aliphatic heterocycles. The first-order chi connectivity index (χ1) is 6.08. The minimum atomic E-state index is 0. The van der Waals surface area contributed by atoms with Crippen LogP contribution >= 0.6 is 21.0 Å². The van der Waals surface area contributed by atoms with Gasteiger partial charge in [-0.1, -0.05) is 51.8 Å². The zero-order valence-corrected chi connectivity index (χ0v) is 11.2. The molecule has 1 aromatic carbocycles. The first-order valence-corrected chi connectivity index (χ1v) is 6.11. The van der Waals surface area contributed by atoms with E-state index in [9.17, 15) is 0 Å². The standard InChI is InChI=1S/C12H19P.ClH/c1-9(2)8-13-12-6-10(3)5-11(4)7-12;/h5-7,9,13H,8H2,1-4H3;1H. The monoisotopic (exact) mass is 230 g/mol. The topological polar surface area (TPSA) is 0 Å². The zero-order chi connectivity index (χ0) is 9.84. The third kappa shape index (κ3) is 4.98. The van der Waals surface area contributed by atoms with Crippen molar-refractivity contribution in [2.75, 3.05) is 6.16 Å². The molecule has 0 nitrogen and oxygen atoms in total. The van der Waals surface area contributed by atoms with Crippen LogP contribution in [0.3, 0.4) is 0 Å². The lowest BCUT2D eigenvalue weighted by Gasteiger charge is -2.07. The first-order valence-electron chi connectivity index (χ1n) is 4.90. The number of benzene rings is 1. The van der Waals surface area contributed by atoms with E-state index in [4.69, 9.17) is 0 Å². The molecular formula is C12H20ClP. The molecule has 14 heavy (non-hydrogen) atoms. The minimum Gasteiger partial charge on any atom is -0.147 e. The van der Waals surface area contributed by atoms with Crippen molar-refractivity contribution in [2.24, 2.45) is 5.92 Å². The van der Waals surface area contributed by atoms with Crippen molar-refractivity contribution in [1.82, 2.24) is 0 Å². The fraction of sp³-hybridized carbons (Fsp3) is 0.500. The van der Waals surface area contributed by atoms with Crippen LogP contribution in [0.15, 0.2) is 18.2 Å². The second-order valence-corrected chi connectivity index (χ2v) is 5.49. The molecule has 1 unspecified atom stereocenters. The lowest BCUT2D eigenvalue weighted by atomic mass is 10.2. The lowest BCUT2D eigenvalue weighted by Crippen LogP contribution is -2.00. The molecule has 0 aromatic heterocycles. The van der Waals surface area contributed by atoms with Gasteiger partial charge in [0, 0.05) is 0 Å². The van der Waals surface area contributed by atoms with Gasteiger partial charge in [-0.3, -0.25) is 0 Å². The van der Waals surface area contributed by atoms with Gasteiger partial charge < -0.3 is 0 Å². The van der Waals surface area contributed by atoms with Crippen molar-refractivity contribution in [3.05, 3.63) is 29.3 Å². The van der Waals surface area contributed by atoms with Crippen LogP contribution in [0.25, 0.3) is 0 Å². The molecule has 0 spiro atoms. The molecule has 0 aliphatic carbocycles. The summed E-state index contributed by atoms with van der Waals surface area (Å²) in [5.74, 6) is 0.819. The van der Waals surface area contributed by atoms with E-state index in [1.165, 1.54) is 22.6 Å². The van der Waals surface area contributed by atoms with Gasteiger partial charge in [0.2, 0.25) is 0 Å². The van der Waals surface area contributed by atoms with E-state index in [0.29, 0.717) is 0 Å². The zero-order valence-electron chi connectivity index (χ0n) is 9.42. The molecule has 0 radical (unpaired) electrons. The number of aryl methyl sites for hydroxylation is 2. The fourth-order valence-electron chi connectivity index (χ4n) is 1.40. The SMILES string of the molecule is Cc1cc(C)cc(PCC(C)C)c1.Cl. The summed E-state index contributed by atoms with van der Waals surface area (Å²) in [6.45, 7) is 8.93. The Balaban J connectivity index is 0.00000169. The number of halogens is 1. The predicted molar refractivity (Wildman–Crippen MR) is 70.8 cm³/mol. The second-order valence-electron chi connectivity index (χ2n) is 4.15. The van der Waals surface area contributed by atoms with E-state index in [1.807, 2.05) is 0 Å². The predicted octanol–water partition coefficient (Wildman–Crippen LogP) is 3.69. The van der Waals surface area contributed by atoms with E-state index in [0.717, 1.165) is 14.5 Å². The number of rotatable bonds is 3. The maximum absolute atomic E-state index is 2.31. The van der Waals surface area contributed by atoms with Gasteiger partial charge >= 0.3 is 0 Å². The number of hydrogen-bond acceptors (Lipinski definition) is 0. The largest absolute Gasteiger partial charge is 0.147 e. The molecular weight excluding hydrogens is 211 g/mol. The quantitative estimate of drug-likeness (QED) is 0.695. The van der Waals surface area contributed by atoms with E-state index in [-0.39, 0.29) is 12.4 Å². The summed E-state index contributed by atoms with van der Waals surface area (Å²) in [6.07, 6.45) is 1.32. The van der Waals surface area contributed by atoms with Crippen LogP contribution in [0.1, 0.15) is 25.0 Å². The summed E-state index contributed by atoms with van der Waals surface area (Å²) in [5, 5.41) is 1.52. The highest BCUT2D eigenvalue weighted by molar-refractivity contribution is 7.47. The van der Waals surface area contributed by atoms with Crippen LogP contribution in [0.4, 0.5) is 0 Å². The van der Waals surface area contributed by atoms with Crippen LogP contribution in [-0.4, -0.2) is 6.16 Å². The Morgan fingerprint density at radius 2 is 1.57 bits per heavy atom. The molecule has 0 aliphatic rings. The Labute approximate surface area is 95.7 Å². The molecule has 0 fully saturated rings. The van der Waals surface area contributed by atoms with Gasteiger partial charge in [-0.15, -0.1) is 12.4 Å². The average molecular weight is 231 g/mol. The molecule has 0 saturated carbocycles. The van der Waals surface area contributed by atoms with Gasteiger partial charge in [0.1, 0.15) is 0 Å². The van der Waals surface area contributed by atoms with E-state index < -0.39 is 0 Å². The van der Waals surface area contributed by atoms with Gasteiger partial charge in [0.05, 0.1) is 0 Å². The maximum atomic E-state index is 2.31. The van der Waals surface area contributed by atoms with Crippen molar-refractivity contribution in [3.8, 4) is 0 Å². The van der Waals surface area contributed by atoms with Gasteiger partial charge in [-0.05, 0) is 31.2 Å². The van der Waals surface area contributed by atoms with E-state index in [1.54, 1.807) is 0 Å². The summed E-state index contributed by atoms with van der Waals surface area (Å²) >= 11 is 0. The Hall–Kier alpha value is -0.0600. The van der Waals surface area contributed by atoms with Crippen LogP contribution in [0.2, 0.25) is 0 Å². The Morgan fingerprint density at radius 3 is 2.00 bits per heavy atom. The Bertz CT molecular complexity index is 261. The van der Waals surface area contributed by atoms with Crippen LogP contribution in [-0.2, 0) is 0 Å². The van der Waals surface area contributed by atoms with Crippen LogP contribution in [0.5, 0.6) is 0 Å². The Morgan fingerprint density at radius 1 is 1.07 bits per heavy atom. The third-order valence-electron chi connectivity index (χ3n) is 1.94.